The molecule has 2 aromatic heterocycles. The number of rotatable bonds is 16. The number of aryl methyl sites for hydroxylation is 2. The van der Waals surface area contributed by atoms with Gasteiger partial charge in [0.15, 0.2) is 11.4 Å². The Morgan fingerprint density at radius 3 is 1.63 bits per heavy atom. The van der Waals surface area contributed by atoms with Gasteiger partial charge in [0, 0.05) is 25.5 Å². The number of benzene rings is 2. The van der Waals surface area contributed by atoms with E-state index >= 15 is 0 Å². The average molecular weight is 883 g/mol. The molecule has 17 nitrogen and oxygen atoms in total. The van der Waals surface area contributed by atoms with Crippen molar-refractivity contribution in [1.82, 2.24) is 30.6 Å². The number of phenolic OH excluding ortho intramolecular Hbond substituents is 2. The Morgan fingerprint density at radius 2 is 1.21 bits per heavy atom. The fourth-order valence-electron chi connectivity index (χ4n) is 5.17. The summed E-state index contributed by atoms with van der Waals surface area (Å²) in [6.07, 6.45) is -7.26. The Labute approximate surface area is 350 Å². The number of amides is 2. The Kier molecular flexibility index (Phi) is 17.6. The lowest BCUT2D eigenvalue weighted by Crippen LogP contribution is -2.50. The van der Waals surface area contributed by atoms with Crippen LogP contribution in [0, 0.1) is 0 Å². The van der Waals surface area contributed by atoms with Gasteiger partial charge in [0.25, 0.3) is 5.91 Å². The maximum atomic E-state index is 13.7. The Morgan fingerprint density at radius 1 is 0.742 bits per heavy atom. The van der Waals surface area contributed by atoms with Gasteiger partial charge in [-0.25, -0.2) is 34.3 Å². The van der Waals surface area contributed by atoms with Gasteiger partial charge in [-0.2, -0.15) is 26.3 Å². The molecule has 0 radical (unpaired) electrons. The first-order chi connectivity index (χ1) is 29.0. The monoisotopic (exact) mass is 882 g/mol. The maximum Gasteiger partial charge on any atom is 0.434 e. The molecule has 2 aromatic carbocycles. The lowest BCUT2D eigenvalue weighted by molar-refractivity contribution is -0.143. The standard InChI is InChI=1S/C24H30F3N5O6.C15H14F3N3O3/c1-23(2,3)38-22(36)30-13-17(20(35)37-4)31-19(34)16-12-29-21(32-18(16)24(25,26)27)28-10-6-8-14-7-5-9-15(33)11-14;16-15(17,18)12-11(13(23)24)8-20-14(21-12)19-6-2-4-9-3-1-5-10(22)7-9/h5,7,9,11-12,17,33H,6,8,10,13H2,1-4H3,(H,30,36)(H,31,34)(H,28,29,32);1,3,5,7-8,22H,2,4,6H2,(H,23,24)(H,19,20,21)/t17-;/m0./s1. The zero-order chi connectivity index (χ0) is 46.3. The van der Waals surface area contributed by atoms with Crippen molar-refractivity contribution in [3.8, 4) is 11.5 Å². The number of nitrogens with zero attached hydrogens (tertiary/aromatic N) is 4. The van der Waals surface area contributed by atoms with Crippen LogP contribution in [0.3, 0.4) is 0 Å². The fraction of sp³-hybridized carbons (Fsp3) is 0.385. The van der Waals surface area contributed by atoms with Gasteiger partial charge in [-0.15, -0.1) is 0 Å². The van der Waals surface area contributed by atoms with Gasteiger partial charge in [-0.1, -0.05) is 24.3 Å². The summed E-state index contributed by atoms with van der Waals surface area (Å²) in [5.74, 6) is -4.43. The lowest BCUT2D eigenvalue weighted by atomic mass is 10.1. The molecule has 0 aliphatic rings. The predicted molar refractivity (Wildman–Crippen MR) is 208 cm³/mol. The number of aromatic hydroxyl groups is 2. The second-order valence-corrected chi connectivity index (χ2v) is 14.0. The number of halogens is 6. The molecule has 1 atom stereocenters. The van der Waals surface area contributed by atoms with Crippen LogP contribution in [0.15, 0.2) is 60.9 Å². The van der Waals surface area contributed by atoms with Crippen LogP contribution in [-0.4, -0.2) is 97.6 Å². The Hall–Kier alpha value is -6.94. The van der Waals surface area contributed by atoms with E-state index in [1.165, 1.54) is 12.1 Å². The highest BCUT2D eigenvalue weighted by molar-refractivity contribution is 5.98. The van der Waals surface area contributed by atoms with Crippen molar-refractivity contribution in [1.29, 1.82) is 0 Å². The number of nitrogens with one attached hydrogen (secondary N) is 4. The third-order valence-corrected chi connectivity index (χ3v) is 7.90. The van der Waals surface area contributed by atoms with Gasteiger partial charge >= 0.3 is 30.4 Å². The normalized spacial score (nSPS) is 11.9. The molecule has 2 heterocycles. The van der Waals surface area contributed by atoms with Crippen LogP contribution in [-0.2, 0) is 39.5 Å². The number of hydrogen-bond donors (Lipinski definition) is 7. The van der Waals surface area contributed by atoms with Gasteiger partial charge in [0.2, 0.25) is 11.9 Å². The molecule has 2 amide bonds. The largest absolute Gasteiger partial charge is 0.508 e. The molecular formula is C39H44F6N8O9. The summed E-state index contributed by atoms with van der Waals surface area (Å²) in [4.78, 5) is 61.5. The van der Waals surface area contributed by atoms with E-state index in [0.29, 0.717) is 44.6 Å². The molecule has 4 aromatic rings. The molecule has 0 unspecified atom stereocenters. The minimum Gasteiger partial charge on any atom is -0.508 e. The van der Waals surface area contributed by atoms with Gasteiger partial charge in [0.1, 0.15) is 28.7 Å². The topological polar surface area (TPSA) is 247 Å². The first kappa shape index (κ1) is 49.4. The van der Waals surface area contributed by atoms with Crippen LogP contribution < -0.4 is 21.3 Å². The summed E-state index contributed by atoms with van der Waals surface area (Å²) in [5.41, 5.74) is -4.02. The summed E-state index contributed by atoms with van der Waals surface area (Å²) in [6.45, 7) is 4.84. The number of carbonyl (C=O) groups excluding carboxylic acids is 3. The van der Waals surface area contributed by atoms with E-state index in [1.54, 1.807) is 51.1 Å². The van der Waals surface area contributed by atoms with Gasteiger partial charge < -0.3 is 46.1 Å². The van der Waals surface area contributed by atoms with Crippen molar-refractivity contribution in [3.63, 3.8) is 0 Å². The van der Waals surface area contributed by atoms with Crippen LogP contribution in [0.4, 0.5) is 43.0 Å². The summed E-state index contributed by atoms with van der Waals surface area (Å²) in [6, 6.07) is 11.7. The van der Waals surface area contributed by atoms with E-state index in [9.17, 15) is 55.7 Å². The Bertz CT molecular complexity index is 2170. The number of phenols is 2. The van der Waals surface area contributed by atoms with Crippen LogP contribution in [0.5, 0.6) is 11.5 Å². The molecule has 7 N–H and O–H groups in total. The number of carbonyl (C=O) groups is 4. The maximum absolute atomic E-state index is 13.7. The van der Waals surface area contributed by atoms with Crippen LogP contribution in [0.1, 0.15) is 76.8 Å². The molecule has 4 rings (SSSR count). The number of ether oxygens (including phenoxy) is 2. The first-order valence-corrected chi connectivity index (χ1v) is 18.5. The molecule has 0 bridgehead atoms. The summed E-state index contributed by atoms with van der Waals surface area (Å²) in [7, 11) is 1.01. The molecule has 0 spiro atoms. The zero-order valence-electron chi connectivity index (χ0n) is 33.6. The van der Waals surface area contributed by atoms with Crippen molar-refractivity contribution in [2.24, 2.45) is 0 Å². The van der Waals surface area contributed by atoms with Gasteiger partial charge in [0.05, 0.1) is 19.2 Å². The number of methoxy groups -OCH3 is 1. The van der Waals surface area contributed by atoms with Gasteiger partial charge in [-0.05, 0) is 81.8 Å². The van der Waals surface area contributed by atoms with E-state index in [2.05, 4.69) is 45.9 Å². The number of alkyl halides is 6. The third kappa shape index (κ3) is 16.6. The summed E-state index contributed by atoms with van der Waals surface area (Å²) < 4.78 is 89.3. The van der Waals surface area contributed by atoms with E-state index < -0.39 is 77.0 Å². The third-order valence-electron chi connectivity index (χ3n) is 7.90. The second-order valence-electron chi connectivity index (χ2n) is 14.0. The fourth-order valence-corrected chi connectivity index (χ4v) is 5.17. The van der Waals surface area contributed by atoms with Crippen molar-refractivity contribution in [2.45, 2.75) is 70.4 Å². The highest BCUT2D eigenvalue weighted by Crippen LogP contribution is 2.32. The smallest absolute Gasteiger partial charge is 0.434 e. The highest BCUT2D eigenvalue weighted by atomic mass is 19.4. The summed E-state index contributed by atoms with van der Waals surface area (Å²) >= 11 is 0. The number of alkyl carbamates (subject to hydrolysis) is 1. The van der Waals surface area contributed by atoms with Crippen molar-refractivity contribution in [3.05, 3.63) is 94.6 Å². The van der Waals surface area contributed by atoms with Gasteiger partial charge in [-0.3, -0.25) is 4.79 Å². The zero-order valence-corrected chi connectivity index (χ0v) is 33.6. The molecule has 62 heavy (non-hydrogen) atoms. The number of hydrogen-bond acceptors (Lipinski definition) is 14. The highest BCUT2D eigenvalue weighted by Gasteiger charge is 2.40. The van der Waals surface area contributed by atoms with E-state index in [0.717, 1.165) is 18.2 Å². The number of aromatic nitrogens is 4. The van der Waals surface area contributed by atoms with Crippen molar-refractivity contribution < 1.29 is 70.3 Å². The van der Waals surface area contributed by atoms with Crippen LogP contribution in [0.2, 0.25) is 0 Å². The number of carboxylic acid groups (broad SMARTS) is 1. The molecule has 0 saturated heterocycles. The van der Waals surface area contributed by atoms with Crippen LogP contribution >= 0.6 is 0 Å². The SMILES string of the molecule is COC(=O)[C@H](CNC(=O)OC(C)(C)C)NC(=O)c1cnc(NCCCc2cccc(O)c2)nc1C(F)(F)F.O=C(O)c1cnc(NCCCc2cccc(O)c2)nc1C(F)(F)F. The predicted octanol–water partition coefficient (Wildman–Crippen LogP) is 5.99. The van der Waals surface area contributed by atoms with E-state index in [-0.39, 0.29) is 29.9 Å². The molecule has 23 heteroatoms. The van der Waals surface area contributed by atoms with Crippen LogP contribution in [0.25, 0.3) is 0 Å². The number of esters is 1. The molecule has 0 aliphatic carbocycles. The number of carboxylic acids is 1. The summed E-state index contributed by atoms with van der Waals surface area (Å²) in [5, 5.41) is 37.3. The Balaban J connectivity index is 0.000000365. The first-order valence-electron chi connectivity index (χ1n) is 18.5. The number of aromatic carboxylic acids is 1. The molecule has 336 valence electrons. The molecular weight excluding hydrogens is 838 g/mol. The molecule has 0 fully saturated rings. The van der Waals surface area contributed by atoms with E-state index in [4.69, 9.17) is 9.84 Å². The lowest BCUT2D eigenvalue weighted by Gasteiger charge is -2.22. The quantitative estimate of drug-likeness (QED) is 0.0388. The minimum absolute atomic E-state index is 0.109. The average Bonchev–Trinajstić information content (AvgIpc) is 3.18. The van der Waals surface area contributed by atoms with Crippen molar-refractivity contribution >= 4 is 35.8 Å². The van der Waals surface area contributed by atoms with Crippen molar-refractivity contribution in [2.75, 3.05) is 37.4 Å². The second kappa shape index (κ2) is 22.1. The molecule has 0 saturated carbocycles. The van der Waals surface area contributed by atoms with E-state index in [1.807, 2.05) is 6.07 Å². The molecule has 0 aliphatic heterocycles. The minimum atomic E-state index is -5.01. The number of anilines is 2.